The van der Waals surface area contributed by atoms with Crippen LogP contribution >= 0.6 is 0 Å². The Kier molecular flexibility index (Phi) is 3.63. The zero-order chi connectivity index (χ0) is 16.4. The lowest BCUT2D eigenvalue weighted by molar-refractivity contribution is 0.415. The van der Waals surface area contributed by atoms with E-state index < -0.39 is 0 Å². The van der Waals surface area contributed by atoms with E-state index in [1.807, 2.05) is 79.1 Å². The Morgan fingerprint density at radius 1 is 0.917 bits per heavy atom. The highest BCUT2D eigenvalue weighted by Crippen LogP contribution is 2.24. The zero-order valence-electron chi connectivity index (χ0n) is 13.2. The van der Waals surface area contributed by atoms with Gasteiger partial charge in [-0.1, -0.05) is 12.1 Å². The number of methoxy groups -OCH3 is 1. The fraction of sp³-hybridized carbons (Fsp3) is 0.0500. The number of benzene rings is 2. The normalized spacial score (nSPS) is 11.8. The average Bonchev–Trinajstić information content (AvgIpc) is 3.15. The number of rotatable bonds is 3. The summed E-state index contributed by atoms with van der Waals surface area (Å²) in [5, 5.41) is 6.52. The van der Waals surface area contributed by atoms with Crippen molar-refractivity contribution in [3.8, 4) is 17.1 Å². The fourth-order valence-corrected chi connectivity index (χ4v) is 2.61. The van der Waals surface area contributed by atoms with Gasteiger partial charge in [-0.05, 0) is 48.5 Å². The van der Waals surface area contributed by atoms with Crippen molar-refractivity contribution in [1.29, 1.82) is 0 Å². The highest BCUT2D eigenvalue weighted by molar-refractivity contribution is 5.78. The highest BCUT2D eigenvalue weighted by atomic mass is 16.5. The molecule has 24 heavy (non-hydrogen) atoms. The van der Waals surface area contributed by atoms with Gasteiger partial charge in [0, 0.05) is 29.4 Å². The van der Waals surface area contributed by atoms with Crippen molar-refractivity contribution in [2.24, 2.45) is 5.10 Å². The van der Waals surface area contributed by atoms with Crippen LogP contribution in [0.25, 0.3) is 22.3 Å². The van der Waals surface area contributed by atoms with E-state index in [0.717, 1.165) is 33.4 Å². The van der Waals surface area contributed by atoms with Gasteiger partial charge in [0.05, 0.1) is 12.5 Å². The number of hydrogen-bond donors (Lipinski definition) is 0. The van der Waals surface area contributed by atoms with Crippen LogP contribution in [0.4, 0.5) is 0 Å². The van der Waals surface area contributed by atoms with Crippen LogP contribution in [0.1, 0.15) is 0 Å². The molecule has 0 unspecified atom stereocenters. The minimum atomic E-state index is 0.766. The molecule has 0 bridgehead atoms. The molecule has 4 nitrogen and oxygen atoms in total. The maximum Gasteiger partial charge on any atom is 0.136 e. The van der Waals surface area contributed by atoms with Crippen molar-refractivity contribution < 1.29 is 9.15 Å². The first-order valence-electron chi connectivity index (χ1n) is 7.69. The Hall–Kier alpha value is -3.27. The standard InChI is InChI=1S/C20H16N2O2/c1-23-16-10-8-15(9-11-16)20-14-18(21-22-12-4-5-13-22)17-6-2-3-7-19(17)24-20/h2-14H,1H3. The molecule has 2 aromatic heterocycles. The molecule has 2 aromatic carbocycles. The first-order chi connectivity index (χ1) is 11.8. The van der Waals surface area contributed by atoms with E-state index in [9.17, 15) is 0 Å². The van der Waals surface area contributed by atoms with Gasteiger partial charge in [0.1, 0.15) is 17.1 Å². The summed E-state index contributed by atoms with van der Waals surface area (Å²) in [6.07, 6.45) is 3.82. The predicted octanol–water partition coefficient (Wildman–Crippen LogP) is 4.27. The molecule has 0 saturated heterocycles. The second-order valence-corrected chi connectivity index (χ2v) is 5.38. The molecule has 0 atom stereocenters. The van der Waals surface area contributed by atoms with E-state index in [2.05, 4.69) is 5.10 Å². The van der Waals surface area contributed by atoms with Gasteiger partial charge in [-0.2, -0.15) is 5.10 Å². The van der Waals surface area contributed by atoms with Gasteiger partial charge in [-0.15, -0.1) is 0 Å². The van der Waals surface area contributed by atoms with Gasteiger partial charge in [-0.25, -0.2) is 4.68 Å². The van der Waals surface area contributed by atoms with Crippen molar-refractivity contribution >= 4 is 11.0 Å². The molecule has 118 valence electrons. The molecular weight excluding hydrogens is 300 g/mol. The van der Waals surface area contributed by atoms with Crippen LogP contribution in [0.3, 0.4) is 0 Å². The molecule has 0 fully saturated rings. The number of aromatic nitrogens is 1. The Morgan fingerprint density at radius 3 is 2.42 bits per heavy atom. The number of para-hydroxylation sites is 1. The van der Waals surface area contributed by atoms with Crippen LogP contribution < -0.4 is 10.1 Å². The van der Waals surface area contributed by atoms with E-state index in [-0.39, 0.29) is 0 Å². The number of hydrogen-bond acceptors (Lipinski definition) is 3. The largest absolute Gasteiger partial charge is 0.497 e. The first kappa shape index (κ1) is 14.3. The highest BCUT2D eigenvalue weighted by Gasteiger charge is 2.06. The van der Waals surface area contributed by atoms with Crippen LogP contribution in [0.2, 0.25) is 0 Å². The van der Waals surface area contributed by atoms with Gasteiger partial charge in [0.25, 0.3) is 0 Å². The average molecular weight is 316 g/mol. The van der Waals surface area contributed by atoms with Crippen LogP contribution in [0.5, 0.6) is 5.75 Å². The van der Waals surface area contributed by atoms with Crippen molar-refractivity contribution in [3.63, 3.8) is 0 Å². The van der Waals surface area contributed by atoms with Crippen molar-refractivity contribution in [2.45, 2.75) is 0 Å². The van der Waals surface area contributed by atoms with E-state index in [0.29, 0.717) is 0 Å². The lowest BCUT2D eigenvalue weighted by Crippen LogP contribution is -2.06. The second-order valence-electron chi connectivity index (χ2n) is 5.38. The van der Waals surface area contributed by atoms with Gasteiger partial charge in [0.2, 0.25) is 0 Å². The number of ether oxygens (including phenoxy) is 1. The number of nitrogens with zero attached hydrogens (tertiary/aromatic N) is 2. The third kappa shape index (κ3) is 2.70. The van der Waals surface area contributed by atoms with Crippen LogP contribution in [0, 0.1) is 0 Å². The minimum absolute atomic E-state index is 0.766. The summed E-state index contributed by atoms with van der Waals surface area (Å²) < 4.78 is 13.1. The molecule has 0 amide bonds. The summed E-state index contributed by atoms with van der Waals surface area (Å²) in [6, 6.07) is 21.6. The van der Waals surface area contributed by atoms with Crippen molar-refractivity contribution in [1.82, 2.24) is 4.68 Å². The third-order valence-electron chi connectivity index (χ3n) is 3.84. The Balaban J connectivity index is 1.94. The van der Waals surface area contributed by atoms with Crippen molar-refractivity contribution in [2.75, 3.05) is 7.11 Å². The quantitative estimate of drug-likeness (QED) is 0.566. The molecule has 0 aliphatic heterocycles. The molecule has 2 heterocycles. The Bertz CT molecular complexity index is 1030. The Labute approximate surface area is 139 Å². The molecule has 4 aromatic rings. The molecule has 0 radical (unpaired) electrons. The fourth-order valence-electron chi connectivity index (χ4n) is 2.61. The summed E-state index contributed by atoms with van der Waals surface area (Å²) in [4.78, 5) is 0. The SMILES string of the molecule is COc1ccc(-c2cc(=Nn3cccc3)c3ccccc3o2)cc1. The topological polar surface area (TPSA) is 39.7 Å². The molecule has 0 aliphatic rings. The summed E-state index contributed by atoms with van der Waals surface area (Å²) in [6.45, 7) is 0. The van der Waals surface area contributed by atoms with E-state index in [1.54, 1.807) is 11.8 Å². The summed E-state index contributed by atoms with van der Waals surface area (Å²) in [5.41, 5.74) is 1.78. The lowest BCUT2D eigenvalue weighted by atomic mass is 10.1. The maximum atomic E-state index is 6.07. The summed E-state index contributed by atoms with van der Waals surface area (Å²) in [5.74, 6) is 1.58. The molecule has 0 saturated carbocycles. The van der Waals surface area contributed by atoms with Crippen LogP contribution in [-0.4, -0.2) is 11.8 Å². The summed E-state index contributed by atoms with van der Waals surface area (Å²) >= 11 is 0. The van der Waals surface area contributed by atoms with E-state index in [4.69, 9.17) is 9.15 Å². The van der Waals surface area contributed by atoms with Gasteiger partial charge >= 0.3 is 0 Å². The molecule has 4 rings (SSSR count). The van der Waals surface area contributed by atoms with Gasteiger partial charge in [0.15, 0.2) is 0 Å². The molecule has 0 N–H and O–H groups in total. The number of fused-ring (bicyclic) bond motifs is 1. The third-order valence-corrected chi connectivity index (χ3v) is 3.84. The first-order valence-corrected chi connectivity index (χ1v) is 7.69. The summed E-state index contributed by atoms with van der Waals surface area (Å²) in [7, 11) is 1.66. The minimum Gasteiger partial charge on any atom is -0.497 e. The van der Waals surface area contributed by atoms with Crippen LogP contribution in [0.15, 0.2) is 88.6 Å². The molecular formula is C20H16N2O2. The second kappa shape index (κ2) is 6.08. The monoisotopic (exact) mass is 316 g/mol. The predicted molar refractivity (Wildman–Crippen MR) is 93.6 cm³/mol. The van der Waals surface area contributed by atoms with E-state index >= 15 is 0 Å². The lowest BCUT2D eigenvalue weighted by Gasteiger charge is -2.06. The molecule has 0 spiro atoms. The van der Waals surface area contributed by atoms with Gasteiger partial charge in [-0.3, -0.25) is 0 Å². The van der Waals surface area contributed by atoms with Crippen LogP contribution in [-0.2, 0) is 0 Å². The van der Waals surface area contributed by atoms with Gasteiger partial charge < -0.3 is 9.15 Å². The molecule has 0 aliphatic carbocycles. The van der Waals surface area contributed by atoms with Crippen molar-refractivity contribution in [3.05, 3.63) is 84.5 Å². The maximum absolute atomic E-state index is 6.07. The zero-order valence-corrected chi connectivity index (χ0v) is 13.2. The van der Waals surface area contributed by atoms with E-state index in [1.165, 1.54) is 0 Å². The Morgan fingerprint density at radius 2 is 1.67 bits per heavy atom. The molecule has 4 heteroatoms. The smallest absolute Gasteiger partial charge is 0.136 e.